The highest BCUT2D eigenvalue weighted by atomic mass is 16.7. The molecule has 84 valence electrons. The van der Waals surface area contributed by atoms with E-state index in [1.165, 1.54) is 0 Å². The van der Waals surface area contributed by atoms with Crippen LogP contribution in [0.2, 0.25) is 0 Å². The number of aliphatic hydroxyl groups excluding tert-OH is 1. The van der Waals surface area contributed by atoms with Crippen LogP contribution in [0.1, 0.15) is 13.3 Å². The van der Waals surface area contributed by atoms with E-state index in [0.29, 0.717) is 6.42 Å². The Morgan fingerprint density at radius 1 is 1.53 bits per heavy atom. The molecule has 6 heteroatoms. The fourth-order valence-corrected chi connectivity index (χ4v) is 1.07. The molecule has 0 amide bonds. The maximum Gasteiger partial charge on any atom is 0.341 e. The molecule has 1 rings (SSSR count). The first-order valence-corrected chi connectivity index (χ1v) is 4.53. The molecule has 1 aliphatic rings. The number of rotatable bonds is 4. The lowest BCUT2D eigenvalue weighted by Crippen LogP contribution is -2.13. The first-order chi connectivity index (χ1) is 7.19. The molecular weight excluding hydrogens is 204 g/mol. The topological polar surface area (TPSA) is 82.1 Å². The van der Waals surface area contributed by atoms with Gasteiger partial charge in [0.15, 0.2) is 0 Å². The van der Waals surface area contributed by atoms with Crippen LogP contribution in [0, 0.1) is 0 Å². The number of carbonyl (C=O) groups excluding carboxylic acids is 2. The predicted octanol–water partition coefficient (Wildman–Crippen LogP) is -0.283. The maximum atomic E-state index is 11.3. The summed E-state index contributed by atoms with van der Waals surface area (Å²) in [6, 6.07) is 0. The van der Waals surface area contributed by atoms with Gasteiger partial charge >= 0.3 is 11.9 Å². The lowest BCUT2D eigenvalue weighted by molar-refractivity contribution is -0.148. The molecule has 15 heavy (non-hydrogen) atoms. The summed E-state index contributed by atoms with van der Waals surface area (Å²) in [7, 11) is 0. The van der Waals surface area contributed by atoms with Gasteiger partial charge in [-0.25, -0.2) is 9.59 Å². The molecular formula is C9H12O6. The molecule has 0 fully saturated rings. The minimum Gasteiger partial charge on any atom is -0.464 e. The molecule has 1 heterocycles. The minimum absolute atomic E-state index is 0.160. The van der Waals surface area contributed by atoms with Crippen molar-refractivity contribution in [3.05, 3.63) is 11.5 Å². The van der Waals surface area contributed by atoms with Crippen molar-refractivity contribution in [2.75, 3.05) is 19.8 Å². The first-order valence-electron chi connectivity index (χ1n) is 4.53. The van der Waals surface area contributed by atoms with Crippen LogP contribution in [0.3, 0.4) is 0 Å². The second kappa shape index (κ2) is 5.35. The van der Waals surface area contributed by atoms with E-state index in [9.17, 15) is 9.59 Å². The average Bonchev–Trinajstić information content (AvgIpc) is 2.66. The SMILES string of the molecule is CCOC(=O)C1=C(OC(=O)CO)OCC1. The number of hydrogen-bond donors (Lipinski definition) is 1. The summed E-state index contributed by atoms with van der Waals surface area (Å²) in [6.07, 6.45) is 0.340. The van der Waals surface area contributed by atoms with E-state index >= 15 is 0 Å². The summed E-state index contributed by atoms with van der Waals surface area (Å²) in [6.45, 7) is 1.42. The third kappa shape index (κ3) is 2.95. The van der Waals surface area contributed by atoms with Crippen molar-refractivity contribution < 1.29 is 28.9 Å². The van der Waals surface area contributed by atoms with Gasteiger partial charge in [0.05, 0.1) is 13.2 Å². The van der Waals surface area contributed by atoms with Crippen molar-refractivity contribution in [2.45, 2.75) is 13.3 Å². The summed E-state index contributed by atoms with van der Waals surface area (Å²) in [5.74, 6) is -1.59. The third-order valence-corrected chi connectivity index (χ3v) is 1.69. The number of hydrogen-bond acceptors (Lipinski definition) is 6. The van der Waals surface area contributed by atoms with E-state index in [4.69, 9.17) is 14.6 Å². The van der Waals surface area contributed by atoms with Crippen molar-refractivity contribution in [1.29, 1.82) is 0 Å². The lowest BCUT2D eigenvalue weighted by Gasteiger charge is -2.05. The molecule has 0 aliphatic carbocycles. The molecule has 0 saturated carbocycles. The lowest BCUT2D eigenvalue weighted by atomic mass is 10.2. The molecule has 0 aromatic rings. The van der Waals surface area contributed by atoms with Crippen LogP contribution in [0.4, 0.5) is 0 Å². The molecule has 0 aromatic heterocycles. The number of esters is 2. The highest BCUT2D eigenvalue weighted by Gasteiger charge is 2.26. The fraction of sp³-hybridized carbons (Fsp3) is 0.556. The largest absolute Gasteiger partial charge is 0.464 e. The van der Waals surface area contributed by atoms with Gasteiger partial charge in [0.25, 0.3) is 5.95 Å². The van der Waals surface area contributed by atoms with Crippen LogP contribution in [0.15, 0.2) is 11.5 Å². The molecule has 1 aliphatic heterocycles. The van der Waals surface area contributed by atoms with Gasteiger partial charge in [0.1, 0.15) is 12.2 Å². The minimum atomic E-state index is -0.867. The van der Waals surface area contributed by atoms with Gasteiger partial charge in [-0.05, 0) is 6.92 Å². The molecule has 0 aromatic carbocycles. The quantitative estimate of drug-likeness (QED) is 0.650. The van der Waals surface area contributed by atoms with Crippen LogP contribution in [0.5, 0.6) is 0 Å². The monoisotopic (exact) mass is 216 g/mol. The standard InChI is InChI=1S/C9H12O6/c1-2-13-8(12)6-3-4-14-9(6)15-7(11)5-10/h10H,2-5H2,1H3. The smallest absolute Gasteiger partial charge is 0.341 e. The first kappa shape index (κ1) is 11.5. The Morgan fingerprint density at radius 3 is 2.87 bits per heavy atom. The van der Waals surface area contributed by atoms with E-state index in [1.54, 1.807) is 6.92 Å². The van der Waals surface area contributed by atoms with Crippen LogP contribution in [0.25, 0.3) is 0 Å². The van der Waals surface area contributed by atoms with Crippen molar-refractivity contribution in [2.24, 2.45) is 0 Å². The van der Waals surface area contributed by atoms with E-state index in [2.05, 4.69) is 4.74 Å². The van der Waals surface area contributed by atoms with E-state index in [1.807, 2.05) is 0 Å². The van der Waals surface area contributed by atoms with Gasteiger partial charge < -0.3 is 19.3 Å². The average molecular weight is 216 g/mol. The third-order valence-electron chi connectivity index (χ3n) is 1.69. The second-order valence-electron chi connectivity index (χ2n) is 2.72. The van der Waals surface area contributed by atoms with Crippen molar-refractivity contribution in [1.82, 2.24) is 0 Å². The summed E-state index contributed by atoms with van der Waals surface area (Å²) >= 11 is 0. The Labute approximate surface area is 86.4 Å². The highest BCUT2D eigenvalue weighted by Crippen LogP contribution is 2.21. The summed E-state index contributed by atoms with van der Waals surface area (Å²) < 4.78 is 14.3. The van der Waals surface area contributed by atoms with Gasteiger partial charge in [-0.3, -0.25) is 0 Å². The highest BCUT2D eigenvalue weighted by molar-refractivity contribution is 5.89. The molecule has 0 saturated heterocycles. The maximum absolute atomic E-state index is 11.3. The fourth-order valence-electron chi connectivity index (χ4n) is 1.07. The van der Waals surface area contributed by atoms with Crippen molar-refractivity contribution in [3.8, 4) is 0 Å². The van der Waals surface area contributed by atoms with E-state index in [-0.39, 0.29) is 24.7 Å². The Bertz CT molecular complexity index is 293. The van der Waals surface area contributed by atoms with Crippen LogP contribution in [-0.4, -0.2) is 36.9 Å². The zero-order chi connectivity index (χ0) is 11.3. The van der Waals surface area contributed by atoms with E-state index < -0.39 is 18.5 Å². The molecule has 0 unspecified atom stereocenters. The van der Waals surface area contributed by atoms with Gasteiger partial charge in [-0.1, -0.05) is 0 Å². The van der Waals surface area contributed by atoms with Gasteiger partial charge in [-0.15, -0.1) is 0 Å². The Morgan fingerprint density at radius 2 is 2.27 bits per heavy atom. The zero-order valence-corrected chi connectivity index (χ0v) is 8.32. The Kier molecular flexibility index (Phi) is 4.11. The number of ether oxygens (including phenoxy) is 3. The molecule has 0 radical (unpaired) electrons. The molecule has 0 bridgehead atoms. The van der Waals surface area contributed by atoms with Gasteiger partial charge in [0, 0.05) is 6.42 Å². The van der Waals surface area contributed by atoms with Crippen LogP contribution in [-0.2, 0) is 23.8 Å². The summed E-state index contributed by atoms with van der Waals surface area (Å²) in [5, 5.41) is 8.45. The van der Waals surface area contributed by atoms with Crippen molar-refractivity contribution >= 4 is 11.9 Å². The second-order valence-corrected chi connectivity index (χ2v) is 2.72. The van der Waals surface area contributed by atoms with Crippen LogP contribution < -0.4 is 0 Å². The van der Waals surface area contributed by atoms with Gasteiger partial charge in [-0.2, -0.15) is 0 Å². The predicted molar refractivity (Wildman–Crippen MR) is 47.4 cm³/mol. The normalized spacial score (nSPS) is 14.8. The molecule has 0 atom stereocenters. The number of carbonyl (C=O) groups is 2. The molecule has 6 nitrogen and oxygen atoms in total. The molecule has 0 spiro atoms. The summed E-state index contributed by atoms with van der Waals surface area (Å²) in [5.41, 5.74) is 0.193. The number of aliphatic hydroxyl groups is 1. The Balaban J connectivity index is 2.69. The molecule has 1 N–H and O–H groups in total. The van der Waals surface area contributed by atoms with Crippen LogP contribution >= 0.6 is 0 Å². The van der Waals surface area contributed by atoms with E-state index in [0.717, 1.165) is 0 Å². The van der Waals surface area contributed by atoms with Crippen molar-refractivity contribution in [3.63, 3.8) is 0 Å². The Hall–Kier alpha value is -1.56. The van der Waals surface area contributed by atoms with Gasteiger partial charge in [0.2, 0.25) is 0 Å². The summed E-state index contributed by atoms with van der Waals surface area (Å²) in [4.78, 5) is 22.1. The zero-order valence-electron chi connectivity index (χ0n) is 8.32.